The fraction of sp³-hybridized carbons (Fsp3) is 0.267. The molecule has 0 spiro atoms. The first-order valence-corrected chi connectivity index (χ1v) is 6.80. The maximum atomic E-state index is 13.6. The SMILES string of the molecule is CN(C)C(CNC(=O)c1cc(Cl)ccc1F)c1ccco1. The van der Waals surface area contributed by atoms with Crippen molar-refractivity contribution in [3.05, 3.63) is 58.8 Å². The number of rotatable bonds is 5. The van der Waals surface area contributed by atoms with E-state index in [0.29, 0.717) is 11.6 Å². The third kappa shape index (κ3) is 3.83. The zero-order valence-electron chi connectivity index (χ0n) is 11.8. The second-order valence-corrected chi connectivity index (χ2v) is 5.27. The molecule has 6 heteroatoms. The molecule has 112 valence electrons. The molecule has 0 bridgehead atoms. The van der Waals surface area contributed by atoms with Crippen LogP contribution in [-0.4, -0.2) is 31.4 Å². The molecule has 21 heavy (non-hydrogen) atoms. The van der Waals surface area contributed by atoms with Gasteiger partial charge in [-0.25, -0.2) is 4.39 Å². The van der Waals surface area contributed by atoms with Gasteiger partial charge in [-0.2, -0.15) is 0 Å². The zero-order valence-corrected chi connectivity index (χ0v) is 12.5. The van der Waals surface area contributed by atoms with E-state index in [1.807, 2.05) is 25.1 Å². The summed E-state index contributed by atoms with van der Waals surface area (Å²) in [5.74, 6) is -0.378. The molecule has 2 rings (SSSR count). The largest absolute Gasteiger partial charge is 0.468 e. The van der Waals surface area contributed by atoms with Gasteiger partial charge in [0.05, 0.1) is 17.9 Å². The lowest BCUT2D eigenvalue weighted by molar-refractivity contribution is 0.0935. The molecule has 0 saturated heterocycles. The summed E-state index contributed by atoms with van der Waals surface area (Å²) in [6, 6.07) is 7.36. The Morgan fingerprint density at radius 2 is 2.19 bits per heavy atom. The number of benzene rings is 1. The quantitative estimate of drug-likeness (QED) is 0.923. The van der Waals surface area contributed by atoms with Crippen molar-refractivity contribution >= 4 is 17.5 Å². The summed E-state index contributed by atoms with van der Waals surface area (Å²) < 4.78 is 19.0. The van der Waals surface area contributed by atoms with Crippen molar-refractivity contribution in [1.82, 2.24) is 10.2 Å². The molecular formula is C15H16ClFN2O2. The summed E-state index contributed by atoms with van der Waals surface area (Å²) in [5.41, 5.74) is -0.0700. The molecule has 1 aromatic heterocycles. The van der Waals surface area contributed by atoms with Gasteiger partial charge in [0, 0.05) is 11.6 Å². The van der Waals surface area contributed by atoms with Crippen LogP contribution in [0.2, 0.25) is 5.02 Å². The molecule has 1 amide bonds. The summed E-state index contributed by atoms with van der Waals surface area (Å²) in [6.07, 6.45) is 1.57. The van der Waals surface area contributed by atoms with Crippen LogP contribution in [0.3, 0.4) is 0 Å². The van der Waals surface area contributed by atoms with Crippen LogP contribution in [0.25, 0.3) is 0 Å². The Labute approximate surface area is 127 Å². The topological polar surface area (TPSA) is 45.5 Å². The number of likely N-dealkylation sites (N-methyl/N-ethyl adjacent to an activating group) is 1. The van der Waals surface area contributed by atoms with Crippen LogP contribution in [0, 0.1) is 5.82 Å². The van der Waals surface area contributed by atoms with Crippen LogP contribution in [0.4, 0.5) is 4.39 Å². The number of nitrogens with zero attached hydrogens (tertiary/aromatic N) is 1. The van der Waals surface area contributed by atoms with Gasteiger partial charge in [0.25, 0.3) is 5.91 Å². The Morgan fingerprint density at radius 1 is 1.43 bits per heavy atom. The van der Waals surface area contributed by atoms with Crippen molar-refractivity contribution in [3.8, 4) is 0 Å². The van der Waals surface area contributed by atoms with Gasteiger partial charge >= 0.3 is 0 Å². The van der Waals surface area contributed by atoms with Crippen LogP contribution in [-0.2, 0) is 0 Å². The molecule has 0 aliphatic carbocycles. The van der Waals surface area contributed by atoms with Crippen molar-refractivity contribution in [1.29, 1.82) is 0 Å². The summed E-state index contributed by atoms with van der Waals surface area (Å²) >= 11 is 5.79. The Kier molecular flexibility index (Phi) is 4.98. The monoisotopic (exact) mass is 310 g/mol. The minimum atomic E-state index is -0.601. The first kappa shape index (κ1) is 15.5. The van der Waals surface area contributed by atoms with E-state index in [4.69, 9.17) is 16.0 Å². The Morgan fingerprint density at radius 3 is 2.81 bits per heavy atom. The highest BCUT2D eigenvalue weighted by Crippen LogP contribution is 2.19. The highest BCUT2D eigenvalue weighted by molar-refractivity contribution is 6.30. The van der Waals surface area contributed by atoms with Gasteiger partial charge < -0.3 is 9.73 Å². The third-order valence-electron chi connectivity index (χ3n) is 3.12. The van der Waals surface area contributed by atoms with Crippen LogP contribution < -0.4 is 5.32 Å². The molecular weight excluding hydrogens is 295 g/mol. The number of nitrogens with one attached hydrogen (secondary N) is 1. The number of hydrogen-bond acceptors (Lipinski definition) is 3. The standard InChI is InChI=1S/C15H16ClFN2O2/c1-19(2)13(14-4-3-7-21-14)9-18-15(20)11-8-10(16)5-6-12(11)17/h3-8,13H,9H2,1-2H3,(H,18,20). The van der Waals surface area contributed by atoms with Crippen LogP contribution in [0.5, 0.6) is 0 Å². The number of carbonyl (C=O) groups excluding carboxylic acids is 1. The summed E-state index contributed by atoms with van der Waals surface area (Å²) in [6.45, 7) is 0.297. The smallest absolute Gasteiger partial charge is 0.254 e. The van der Waals surface area contributed by atoms with Gasteiger partial charge in [-0.15, -0.1) is 0 Å². The molecule has 1 aromatic carbocycles. The summed E-state index contributed by atoms with van der Waals surface area (Å²) in [5, 5.41) is 3.01. The van der Waals surface area contributed by atoms with E-state index in [1.165, 1.54) is 18.2 Å². The van der Waals surface area contributed by atoms with Crippen molar-refractivity contribution in [2.75, 3.05) is 20.6 Å². The minimum Gasteiger partial charge on any atom is -0.468 e. The van der Waals surface area contributed by atoms with Gasteiger partial charge in [-0.05, 0) is 44.4 Å². The van der Waals surface area contributed by atoms with E-state index in [-0.39, 0.29) is 11.6 Å². The van der Waals surface area contributed by atoms with Crippen LogP contribution in [0.15, 0.2) is 41.0 Å². The number of hydrogen-bond donors (Lipinski definition) is 1. The van der Waals surface area contributed by atoms with Crippen molar-refractivity contribution in [2.45, 2.75) is 6.04 Å². The Balaban J connectivity index is 2.07. The predicted molar refractivity (Wildman–Crippen MR) is 78.9 cm³/mol. The Hall–Kier alpha value is -1.85. The van der Waals surface area contributed by atoms with Gasteiger partial charge in [-0.1, -0.05) is 11.6 Å². The third-order valence-corrected chi connectivity index (χ3v) is 3.36. The maximum Gasteiger partial charge on any atom is 0.254 e. The molecule has 1 heterocycles. The van der Waals surface area contributed by atoms with Crippen molar-refractivity contribution in [3.63, 3.8) is 0 Å². The molecule has 0 saturated carbocycles. The average molecular weight is 311 g/mol. The molecule has 1 N–H and O–H groups in total. The van der Waals surface area contributed by atoms with Crippen molar-refractivity contribution < 1.29 is 13.6 Å². The number of carbonyl (C=O) groups is 1. The molecule has 1 atom stereocenters. The molecule has 4 nitrogen and oxygen atoms in total. The minimum absolute atomic E-state index is 0.0700. The number of halogens is 2. The molecule has 1 unspecified atom stereocenters. The van der Waals surface area contributed by atoms with E-state index in [9.17, 15) is 9.18 Å². The summed E-state index contributed by atoms with van der Waals surface area (Å²) in [7, 11) is 3.75. The highest BCUT2D eigenvalue weighted by atomic mass is 35.5. The van der Waals surface area contributed by atoms with Gasteiger partial charge in [0.15, 0.2) is 0 Å². The zero-order chi connectivity index (χ0) is 15.4. The Bertz CT molecular complexity index is 614. The van der Waals surface area contributed by atoms with Crippen molar-refractivity contribution in [2.24, 2.45) is 0 Å². The first-order chi connectivity index (χ1) is 9.99. The fourth-order valence-corrected chi connectivity index (χ4v) is 2.15. The fourth-order valence-electron chi connectivity index (χ4n) is 1.97. The van der Waals surface area contributed by atoms with E-state index in [2.05, 4.69) is 5.32 Å². The van der Waals surface area contributed by atoms with Crippen LogP contribution in [0.1, 0.15) is 22.2 Å². The van der Waals surface area contributed by atoms with E-state index >= 15 is 0 Å². The van der Waals surface area contributed by atoms with Crippen LogP contribution >= 0.6 is 11.6 Å². The summed E-state index contributed by atoms with van der Waals surface area (Å²) in [4.78, 5) is 14.0. The van der Waals surface area contributed by atoms with Gasteiger partial charge in [-0.3, -0.25) is 9.69 Å². The normalized spacial score (nSPS) is 12.4. The molecule has 0 aliphatic heterocycles. The lowest BCUT2D eigenvalue weighted by atomic mass is 10.1. The molecule has 2 aromatic rings. The van der Waals surface area contributed by atoms with E-state index in [1.54, 1.807) is 12.3 Å². The average Bonchev–Trinajstić information content (AvgIpc) is 2.95. The highest BCUT2D eigenvalue weighted by Gasteiger charge is 2.19. The second-order valence-electron chi connectivity index (χ2n) is 4.83. The van der Waals surface area contributed by atoms with Gasteiger partial charge in [0.1, 0.15) is 11.6 Å². The molecule has 0 radical (unpaired) electrons. The lowest BCUT2D eigenvalue weighted by Gasteiger charge is -2.22. The maximum absolute atomic E-state index is 13.6. The first-order valence-electron chi connectivity index (χ1n) is 6.42. The molecule has 0 fully saturated rings. The van der Waals surface area contributed by atoms with Gasteiger partial charge in [0.2, 0.25) is 0 Å². The molecule has 0 aliphatic rings. The number of furan rings is 1. The number of amides is 1. The second kappa shape index (κ2) is 6.74. The van der Waals surface area contributed by atoms with E-state index in [0.717, 1.165) is 5.76 Å². The van der Waals surface area contributed by atoms with E-state index < -0.39 is 11.7 Å². The predicted octanol–water partition coefficient (Wildman–Crippen LogP) is 3.10. The lowest BCUT2D eigenvalue weighted by Crippen LogP contribution is -2.34.